The molecular weight excluding hydrogens is 267 g/mol. The molecule has 2 heterocycles. The van der Waals surface area contributed by atoms with Crippen molar-refractivity contribution in [2.24, 2.45) is 0 Å². The SMILES string of the molecule is O=C(c1cc2c(s1)CCSC2)c1ccccc1F. The molecule has 0 spiro atoms. The number of hydrogen-bond acceptors (Lipinski definition) is 3. The predicted molar refractivity (Wildman–Crippen MR) is 74.0 cm³/mol. The number of benzene rings is 1. The molecule has 1 nitrogen and oxygen atoms in total. The average Bonchev–Trinajstić information content (AvgIpc) is 2.82. The topological polar surface area (TPSA) is 17.1 Å². The Labute approximate surface area is 113 Å². The quantitative estimate of drug-likeness (QED) is 0.775. The molecule has 0 fully saturated rings. The van der Waals surface area contributed by atoms with Crippen LogP contribution in [0.2, 0.25) is 0 Å². The highest BCUT2D eigenvalue weighted by atomic mass is 32.2. The van der Waals surface area contributed by atoms with Gasteiger partial charge in [-0.2, -0.15) is 11.8 Å². The molecule has 1 aliphatic heterocycles. The number of fused-ring (bicyclic) bond motifs is 1. The molecule has 3 rings (SSSR count). The van der Waals surface area contributed by atoms with Gasteiger partial charge in [-0.15, -0.1) is 11.3 Å². The third kappa shape index (κ3) is 2.10. The maximum absolute atomic E-state index is 13.6. The molecule has 1 aliphatic rings. The van der Waals surface area contributed by atoms with Gasteiger partial charge in [-0.1, -0.05) is 12.1 Å². The van der Waals surface area contributed by atoms with Crippen LogP contribution in [0.3, 0.4) is 0 Å². The Morgan fingerprint density at radius 2 is 2.11 bits per heavy atom. The van der Waals surface area contributed by atoms with Gasteiger partial charge in [-0.25, -0.2) is 4.39 Å². The van der Waals surface area contributed by atoms with Crippen molar-refractivity contribution in [2.75, 3.05) is 5.75 Å². The standard InChI is InChI=1S/C14H11FOS2/c15-11-4-2-1-3-10(11)14(16)13-7-9-8-17-6-5-12(9)18-13/h1-4,7H,5-6,8H2. The van der Waals surface area contributed by atoms with Crippen LogP contribution in [-0.2, 0) is 12.2 Å². The van der Waals surface area contributed by atoms with E-state index >= 15 is 0 Å². The molecule has 0 atom stereocenters. The average molecular weight is 278 g/mol. The summed E-state index contributed by atoms with van der Waals surface area (Å²) in [5.74, 6) is 1.44. The summed E-state index contributed by atoms with van der Waals surface area (Å²) in [5, 5.41) is 0. The third-order valence-electron chi connectivity index (χ3n) is 2.97. The van der Waals surface area contributed by atoms with Crippen molar-refractivity contribution in [1.29, 1.82) is 0 Å². The van der Waals surface area contributed by atoms with Gasteiger partial charge in [0.25, 0.3) is 0 Å². The molecule has 0 saturated carbocycles. The highest BCUT2D eigenvalue weighted by Crippen LogP contribution is 2.32. The minimum absolute atomic E-state index is 0.170. The van der Waals surface area contributed by atoms with Crippen LogP contribution >= 0.6 is 23.1 Å². The first-order valence-electron chi connectivity index (χ1n) is 5.74. The van der Waals surface area contributed by atoms with Crippen LogP contribution in [0, 0.1) is 5.82 Å². The molecule has 0 saturated heterocycles. The molecule has 0 N–H and O–H groups in total. The van der Waals surface area contributed by atoms with Crippen LogP contribution in [0.25, 0.3) is 0 Å². The van der Waals surface area contributed by atoms with E-state index in [1.165, 1.54) is 27.8 Å². The number of carbonyl (C=O) groups excluding carboxylic acids is 1. The normalized spacial score (nSPS) is 14.3. The van der Waals surface area contributed by atoms with Gasteiger partial charge in [0.2, 0.25) is 5.78 Å². The zero-order chi connectivity index (χ0) is 12.5. The summed E-state index contributed by atoms with van der Waals surface area (Å²) in [4.78, 5) is 14.2. The molecule has 0 aliphatic carbocycles. The van der Waals surface area contributed by atoms with Crippen LogP contribution in [0.15, 0.2) is 30.3 Å². The lowest BCUT2D eigenvalue weighted by Gasteiger charge is -2.08. The van der Waals surface area contributed by atoms with Gasteiger partial charge in [0.1, 0.15) is 5.82 Å². The number of rotatable bonds is 2. The van der Waals surface area contributed by atoms with Gasteiger partial charge in [-0.3, -0.25) is 4.79 Å². The Bertz CT molecular complexity index is 580. The second-order valence-electron chi connectivity index (χ2n) is 4.17. The summed E-state index contributed by atoms with van der Waals surface area (Å²) in [5.41, 5.74) is 1.42. The van der Waals surface area contributed by atoms with Crippen molar-refractivity contribution in [3.8, 4) is 0 Å². The molecule has 18 heavy (non-hydrogen) atoms. The van der Waals surface area contributed by atoms with Crippen molar-refractivity contribution in [3.05, 3.63) is 57.0 Å². The summed E-state index contributed by atoms with van der Waals surface area (Å²) in [6.45, 7) is 0. The summed E-state index contributed by atoms with van der Waals surface area (Å²) in [6, 6.07) is 8.10. The molecule has 0 bridgehead atoms. The van der Waals surface area contributed by atoms with Crippen LogP contribution in [0.1, 0.15) is 25.7 Å². The second kappa shape index (κ2) is 4.86. The molecule has 2 aromatic rings. The van der Waals surface area contributed by atoms with Crippen LogP contribution < -0.4 is 0 Å². The minimum atomic E-state index is -0.441. The fourth-order valence-corrected chi connectivity index (χ4v) is 4.36. The Hall–Kier alpha value is -1.13. The molecule has 4 heteroatoms. The van der Waals surface area contributed by atoms with Gasteiger partial charge in [0.15, 0.2) is 0 Å². The van der Waals surface area contributed by atoms with Crippen molar-refractivity contribution >= 4 is 28.9 Å². The molecule has 0 unspecified atom stereocenters. The number of thiophene rings is 1. The summed E-state index contributed by atoms with van der Waals surface area (Å²) in [6.07, 6.45) is 1.02. The molecule has 92 valence electrons. The van der Waals surface area contributed by atoms with Gasteiger partial charge in [0, 0.05) is 10.6 Å². The van der Waals surface area contributed by atoms with Crippen LogP contribution in [0.5, 0.6) is 0 Å². The smallest absolute Gasteiger partial charge is 0.205 e. The number of thioether (sulfide) groups is 1. The zero-order valence-corrected chi connectivity index (χ0v) is 11.2. The van der Waals surface area contributed by atoms with Gasteiger partial charge >= 0.3 is 0 Å². The lowest BCUT2D eigenvalue weighted by atomic mass is 10.1. The highest BCUT2D eigenvalue weighted by molar-refractivity contribution is 7.98. The van der Waals surface area contributed by atoms with Crippen molar-refractivity contribution in [1.82, 2.24) is 0 Å². The van der Waals surface area contributed by atoms with E-state index in [-0.39, 0.29) is 11.3 Å². The van der Waals surface area contributed by atoms with E-state index in [9.17, 15) is 9.18 Å². The lowest BCUT2D eigenvalue weighted by Crippen LogP contribution is -2.01. The van der Waals surface area contributed by atoms with Crippen LogP contribution in [-0.4, -0.2) is 11.5 Å². The van der Waals surface area contributed by atoms with Gasteiger partial charge < -0.3 is 0 Å². The Morgan fingerprint density at radius 1 is 1.28 bits per heavy atom. The van der Waals surface area contributed by atoms with Crippen molar-refractivity contribution in [3.63, 3.8) is 0 Å². The molecular formula is C14H11FOS2. The number of ketones is 1. The Kier molecular flexibility index (Phi) is 3.22. The Morgan fingerprint density at radius 3 is 2.89 bits per heavy atom. The van der Waals surface area contributed by atoms with E-state index < -0.39 is 5.82 Å². The fraction of sp³-hybridized carbons (Fsp3) is 0.214. The molecule has 0 amide bonds. The first-order valence-corrected chi connectivity index (χ1v) is 7.71. The number of carbonyl (C=O) groups is 1. The predicted octanol–water partition coefficient (Wildman–Crippen LogP) is 3.91. The van der Waals surface area contributed by atoms with Gasteiger partial charge in [0.05, 0.1) is 10.4 Å². The summed E-state index contributed by atoms with van der Waals surface area (Å²) in [7, 11) is 0. The van der Waals surface area contributed by atoms with E-state index in [1.807, 2.05) is 17.8 Å². The maximum Gasteiger partial charge on any atom is 0.205 e. The first kappa shape index (κ1) is 11.9. The van der Waals surface area contributed by atoms with E-state index in [0.29, 0.717) is 4.88 Å². The summed E-state index contributed by atoms with van der Waals surface area (Å²) >= 11 is 3.40. The van der Waals surface area contributed by atoms with Crippen molar-refractivity contribution < 1.29 is 9.18 Å². The zero-order valence-electron chi connectivity index (χ0n) is 9.61. The van der Waals surface area contributed by atoms with E-state index in [1.54, 1.807) is 18.2 Å². The number of aryl methyl sites for hydroxylation is 1. The van der Waals surface area contributed by atoms with E-state index in [2.05, 4.69) is 0 Å². The minimum Gasteiger partial charge on any atom is -0.288 e. The first-order chi connectivity index (χ1) is 8.75. The maximum atomic E-state index is 13.6. The second-order valence-corrected chi connectivity index (χ2v) is 6.41. The van der Waals surface area contributed by atoms with E-state index in [4.69, 9.17) is 0 Å². The fourth-order valence-electron chi connectivity index (χ4n) is 2.04. The third-order valence-corrected chi connectivity index (χ3v) is 5.21. The number of halogens is 1. The van der Waals surface area contributed by atoms with Crippen LogP contribution in [0.4, 0.5) is 4.39 Å². The molecule has 0 radical (unpaired) electrons. The summed E-state index contributed by atoms with van der Waals surface area (Å²) < 4.78 is 13.6. The van der Waals surface area contributed by atoms with Gasteiger partial charge in [-0.05, 0) is 35.9 Å². The largest absolute Gasteiger partial charge is 0.288 e. The monoisotopic (exact) mass is 278 g/mol. The Balaban J connectivity index is 1.98. The van der Waals surface area contributed by atoms with E-state index in [0.717, 1.165) is 17.9 Å². The highest BCUT2D eigenvalue weighted by Gasteiger charge is 2.20. The lowest BCUT2D eigenvalue weighted by molar-refractivity contribution is 0.103. The number of hydrogen-bond donors (Lipinski definition) is 0. The molecule has 1 aromatic heterocycles. The molecule has 1 aromatic carbocycles. The van der Waals surface area contributed by atoms with Crippen molar-refractivity contribution in [2.45, 2.75) is 12.2 Å².